The largest absolute Gasteiger partial charge is 0.416 e. The predicted molar refractivity (Wildman–Crippen MR) is 95.8 cm³/mol. The Labute approximate surface area is 155 Å². The summed E-state index contributed by atoms with van der Waals surface area (Å²) in [5, 5.41) is 2.62. The fraction of sp³-hybridized carbons (Fsp3) is 0.200. The number of nitrogens with one attached hydrogen (secondary N) is 1. The number of rotatable bonds is 5. The van der Waals surface area contributed by atoms with Gasteiger partial charge in [-0.05, 0) is 29.8 Å². The summed E-state index contributed by atoms with van der Waals surface area (Å²) in [5.74, 6) is 1.53. The quantitative estimate of drug-likeness (QED) is 0.817. The van der Waals surface area contributed by atoms with Gasteiger partial charge in [-0.1, -0.05) is 30.2 Å². The number of halogens is 3. The SMILES string of the molecule is C#Cc1cccc(NC(=O)CN(C)C(=O)Cc2cccc(C(F)(F)F)c2)c1. The van der Waals surface area contributed by atoms with Gasteiger partial charge in [0, 0.05) is 18.3 Å². The maximum atomic E-state index is 12.7. The molecule has 0 bridgehead atoms. The van der Waals surface area contributed by atoms with E-state index in [-0.39, 0.29) is 18.5 Å². The van der Waals surface area contributed by atoms with Crippen molar-refractivity contribution in [2.75, 3.05) is 18.9 Å². The van der Waals surface area contributed by atoms with Gasteiger partial charge in [-0.2, -0.15) is 13.2 Å². The zero-order valence-corrected chi connectivity index (χ0v) is 14.5. The molecule has 7 heteroatoms. The summed E-state index contributed by atoms with van der Waals surface area (Å²) < 4.78 is 38.2. The van der Waals surface area contributed by atoms with Crippen molar-refractivity contribution in [1.82, 2.24) is 4.90 Å². The van der Waals surface area contributed by atoms with Gasteiger partial charge in [0.05, 0.1) is 18.5 Å². The molecule has 0 atom stereocenters. The third kappa shape index (κ3) is 5.89. The van der Waals surface area contributed by atoms with Gasteiger partial charge in [0.1, 0.15) is 0 Å². The number of hydrogen-bond donors (Lipinski definition) is 1. The lowest BCUT2D eigenvalue weighted by Gasteiger charge is -2.17. The molecule has 2 amide bonds. The standard InChI is InChI=1S/C20H17F3N2O2/c1-3-14-6-5-9-17(11-14)24-18(26)13-25(2)19(27)12-15-7-4-8-16(10-15)20(21,22)23/h1,4-11H,12-13H2,2H3,(H,24,26). The van der Waals surface area contributed by atoms with E-state index in [0.29, 0.717) is 11.3 Å². The molecule has 0 spiro atoms. The lowest BCUT2D eigenvalue weighted by Crippen LogP contribution is -2.35. The number of terminal acetylenes is 1. The van der Waals surface area contributed by atoms with Crippen LogP contribution in [0.4, 0.5) is 18.9 Å². The highest BCUT2D eigenvalue weighted by atomic mass is 19.4. The first-order chi connectivity index (χ1) is 12.7. The topological polar surface area (TPSA) is 49.4 Å². The number of benzene rings is 2. The van der Waals surface area contributed by atoms with E-state index in [2.05, 4.69) is 11.2 Å². The molecular weight excluding hydrogens is 357 g/mol. The number of nitrogens with zero attached hydrogens (tertiary/aromatic N) is 1. The van der Waals surface area contributed by atoms with E-state index in [4.69, 9.17) is 6.42 Å². The molecule has 2 aromatic carbocycles. The molecule has 0 saturated carbocycles. The Balaban J connectivity index is 1.95. The minimum absolute atomic E-state index is 0.226. The number of anilines is 1. The van der Waals surface area contributed by atoms with Crippen molar-refractivity contribution in [3.05, 3.63) is 65.2 Å². The van der Waals surface area contributed by atoms with Gasteiger partial charge in [0.2, 0.25) is 11.8 Å². The van der Waals surface area contributed by atoms with E-state index < -0.39 is 23.6 Å². The summed E-state index contributed by atoms with van der Waals surface area (Å²) in [6.45, 7) is -0.238. The number of amides is 2. The molecule has 0 aliphatic heterocycles. The van der Waals surface area contributed by atoms with Crippen LogP contribution in [0.3, 0.4) is 0 Å². The van der Waals surface area contributed by atoms with Crippen LogP contribution < -0.4 is 5.32 Å². The molecule has 0 aromatic heterocycles. The number of carbonyl (C=O) groups is 2. The Bertz CT molecular complexity index is 885. The van der Waals surface area contributed by atoms with Gasteiger partial charge < -0.3 is 10.2 Å². The van der Waals surface area contributed by atoms with Crippen LogP contribution in [0.1, 0.15) is 16.7 Å². The second-order valence-corrected chi connectivity index (χ2v) is 5.90. The molecule has 1 N–H and O–H groups in total. The fourth-order valence-corrected chi connectivity index (χ4v) is 2.36. The Morgan fingerprint density at radius 2 is 1.85 bits per heavy atom. The maximum Gasteiger partial charge on any atom is 0.416 e. The highest BCUT2D eigenvalue weighted by molar-refractivity contribution is 5.94. The second kappa shape index (κ2) is 8.41. The molecule has 4 nitrogen and oxygen atoms in total. The maximum absolute atomic E-state index is 12.7. The van der Waals surface area contributed by atoms with E-state index in [1.54, 1.807) is 24.3 Å². The van der Waals surface area contributed by atoms with Crippen LogP contribution in [0.25, 0.3) is 0 Å². The molecule has 0 aliphatic rings. The Morgan fingerprint density at radius 3 is 2.52 bits per heavy atom. The molecule has 0 fully saturated rings. The van der Waals surface area contributed by atoms with E-state index in [1.807, 2.05) is 0 Å². The molecule has 0 radical (unpaired) electrons. The first-order valence-electron chi connectivity index (χ1n) is 7.95. The van der Waals surface area contributed by atoms with E-state index in [0.717, 1.165) is 17.0 Å². The van der Waals surface area contributed by atoms with Crippen molar-refractivity contribution in [1.29, 1.82) is 0 Å². The smallest absolute Gasteiger partial charge is 0.336 e. The summed E-state index contributed by atoms with van der Waals surface area (Å²) in [6.07, 6.45) is 0.584. The van der Waals surface area contributed by atoms with Crippen LogP contribution in [-0.2, 0) is 22.2 Å². The van der Waals surface area contributed by atoms with Crippen LogP contribution in [0.5, 0.6) is 0 Å². The Morgan fingerprint density at radius 1 is 1.15 bits per heavy atom. The molecule has 0 aliphatic carbocycles. The highest BCUT2D eigenvalue weighted by Gasteiger charge is 2.30. The summed E-state index contributed by atoms with van der Waals surface area (Å²) >= 11 is 0. The van der Waals surface area contributed by atoms with Crippen molar-refractivity contribution in [3.8, 4) is 12.3 Å². The molecule has 0 heterocycles. The lowest BCUT2D eigenvalue weighted by molar-refractivity contribution is -0.137. The molecule has 2 aromatic rings. The van der Waals surface area contributed by atoms with Crippen molar-refractivity contribution in [2.45, 2.75) is 12.6 Å². The normalized spacial score (nSPS) is 10.8. The summed E-state index contributed by atoms with van der Waals surface area (Å²) in [5.41, 5.74) is 0.501. The molecule has 2 rings (SSSR count). The number of likely N-dealkylation sites (N-methyl/N-ethyl adjacent to an activating group) is 1. The van der Waals surface area contributed by atoms with Crippen LogP contribution in [0.2, 0.25) is 0 Å². The molecule has 140 valence electrons. The first-order valence-corrected chi connectivity index (χ1v) is 7.95. The van der Waals surface area contributed by atoms with Gasteiger partial charge in [-0.15, -0.1) is 6.42 Å². The predicted octanol–water partition coefficient (Wildman–Crippen LogP) is 3.33. The van der Waals surface area contributed by atoms with Gasteiger partial charge in [0.15, 0.2) is 0 Å². The number of hydrogen-bond acceptors (Lipinski definition) is 2. The minimum Gasteiger partial charge on any atom is -0.336 e. The first kappa shape index (κ1) is 20.0. The fourth-order valence-electron chi connectivity index (χ4n) is 2.36. The number of carbonyl (C=O) groups excluding carboxylic acids is 2. The zero-order chi connectivity index (χ0) is 20.0. The third-order valence-corrected chi connectivity index (χ3v) is 3.73. The van der Waals surface area contributed by atoms with Crippen molar-refractivity contribution < 1.29 is 22.8 Å². The molecule has 27 heavy (non-hydrogen) atoms. The molecule has 0 saturated heterocycles. The summed E-state index contributed by atoms with van der Waals surface area (Å²) in [6, 6.07) is 11.2. The van der Waals surface area contributed by atoms with Gasteiger partial charge >= 0.3 is 6.18 Å². The Kier molecular flexibility index (Phi) is 6.24. The highest BCUT2D eigenvalue weighted by Crippen LogP contribution is 2.29. The second-order valence-electron chi connectivity index (χ2n) is 5.90. The van der Waals surface area contributed by atoms with Crippen LogP contribution in [0, 0.1) is 12.3 Å². The lowest BCUT2D eigenvalue weighted by atomic mass is 10.1. The average Bonchev–Trinajstić information content (AvgIpc) is 2.61. The average molecular weight is 374 g/mol. The van der Waals surface area contributed by atoms with Crippen molar-refractivity contribution >= 4 is 17.5 Å². The van der Waals surface area contributed by atoms with Crippen molar-refractivity contribution in [3.63, 3.8) is 0 Å². The van der Waals surface area contributed by atoms with E-state index >= 15 is 0 Å². The zero-order valence-electron chi connectivity index (χ0n) is 14.5. The minimum atomic E-state index is -4.47. The van der Waals surface area contributed by atoms with Crippen LogP contribution >= 0.6 is 0 Å². The third-order valence-electron chi connectivity index (χ3n) is 3.73. The van der Waals surface area contributed by atoms with Crippen LogP contribution in [-0.4, -0.2) is 30.3 Å². The monoisotopic (exact) mass is 374 g/mol. The summed E-state index contributed by atoms with van der Waals surface area (Å²) in [7, 11) is 1.41. The Hall–Kier alpha value is -3.27. The molecule has 0 unspecified atom stereocenters. The molecular formula is C20H17F3N2O2. The van der Waals surface area contributed by atoms with Gasteiger partial charge in [-0.25, -0.2) is 0 Å². The van der Waals surface area contributed by atoms with Crippen molar-refractivity contribution in [2.24, 2.45) is 0 Å². The summed E-state index contributed by atoms with van der Waals surface area (Å²) in [4.78, 5) is 25.4. The van der Waals surface area contributed by atoms with Gasteiger partial charge in [0.25, 0.3) is 0 Å². The van der Waals surface area contributed by atoms with Gasteiger partial charge in [-0.3, -0.25) is 9.59 Å². The van der Waals surface area contributed by atoms with E-state index in [9.17, 15) is 22.8 Å². The van der Waals surface area contributed by atoms with E-state index in [1.165, 1.54) is 19.2 Å². The van der Waals surface area contributed by atoms with Crippen LogP contribution in [0.15, 0.2) is 48.5 Å². The number of alkyl halides is 3.